The Morgan fingerprint density at radius 1 is 1.25 bits per heavy atom. The Morgan fingerprint density at radius 2 is 2.00 bits per heavy atom. The Labute approximate surface area is 150 Å². The van der Waals surface area contributed by atoms with Gasteiger partial charge in [-0.3, -0.25) is 0 Å². The van der Waals surface area contributed by atoms with E-state index >= 15 is 0 Å². The van der Waals surface area contributed by atoms with Crippen LogP contribution in [0.15, 0.2) is 30.3 Å². The van der Waals surface area contributed by atoms with Gasteiger partial charge in [0.25, 0.3) is 0 Å². The molecule has 24 heavy (non-hydrogen) atoms. The van der Waals surface area contributed by atoms with Crippen LogP contribution >= 0.6 is 11.6 Å². The lowest BCUT2D eigenvalue weighted by atomic mass is 9.43. The number of ether oxygens (including phenoxy) is 1. The van der Waals surface area contributed by atoms with Crippen molar-refractivity contribution < 1.29 is 14.0 Å². The molecule has 3 aliphatic carbocycles. The summed E-state index contributed by atoms with van der Waals surface area (Å²) in [4.78, 5) is 0. The molecule has 1 heterocycles. The third kappa shape index (κ3) is 2.63. The summed E-state index contributed by atoms with van der Waals surface area (Å²) in [7, 11) is -0.368. The molecule has 5 heteroatoms. The van der Waals surface area contributed by atoms with Gasteiger partial charge in [0.1, 0.15) is 0 Å². The molecule has 0 amide bonds. The quantitative estimate of drug-likeness (QED) is 0.593. The van der Waals surface area contributed by atoms with Crippen LogP contribution in [-0.2, 0) is 20.7 Å². The van der Waals surface area contributed by atoms with Crippen LogP contribution in [0.3, 0.4) is 0 Å². The lowest BCUT2D eigenvalue weighted by molar-refractivity contribution is -0.199. The van der Waals surface area contributed by atoms with Crippen LogP contribution in [0.4, 0.5) is 0 Å². The van der Waals surface area contributed by atoms with Crippen LogP contribution in [0.5, 0.6) is 0 Å². The van der Waals surface area contributed by atoms with Crippen LogP contribution < -0.4 is 0 Å². The molecule has 1 aromatic carbocycles. The molecule has 3 unspecified atom stereocenters. The summed E-state index contributed by atoms with van der Waals surface area (Å²) in [5.74, 6) is 1.32. The molecule has 0 radical (unpaired) electrons. The summed E-state index contributed by atoms with van der Waals surface area (Å²) in [6.07, 6.45) is 2.52. The first-order valence-corrected chi connectivity index (χ1v) is 9.44. The maximum atomic E-state index is 6.54. The highest BCUT2D eigenvalue weighted by molar-refractivity contribution is 6.60. The molecule has 2 bridgehead atoms. The highest BCUT2D eigenvalue weighted by Gasteiger charge is 2.68. The minimum Gasteiger partial charge on any atom is -0.404 e. The molecule has 3 saturated carbocycles. The highest BCUT2D eigenvalue weighted by Crippen LogP contribution is 2.65. The molecule has 0 spiro atoms. The van der Waals surface area contributed by atoms with Crippen molar-refractivity contribution in [1.29, 1.82) is 0 Å². The van der Waals surface area contributed by atoms with E-state index in [0.29, 0.717) is 24.5 Å². The Kier molecular flexibility index (Phi) is 4.23. The Bertz CT molecular complexity index is 596. The maximum Gasteiger partial charge on any atom is 0.479 e. The monoisotopic (exact) mass is 348 g/mol. The molecular formula is C19H26BClO3. The third-order valence-electron chi connectivity index (χ3n) is 6.65. The fraction of sp³-hybridized carbons (Fsp3) is 0.684. The first kappa shape index (κ1) is 16.9. The smallest absolute Gasteiger partial charge is 0.404 e. The van der Waals surface area contributed by atoms with Crippen LogP contribution in [-0.4, -0.2) is 30.7 Å². The number of hydrogen-bond donors (Lipinski definition) is 0. The average Bonchev–Trinajstić information content (AvgIpc) is 2.92. The first-order chi connectivity index (χ1) is 11.4. The van der Waals surface area contributed by atoms with E-state index in [2.05, 4.69) is 32.9 Å². The number of halogens is 1. The summed E-state index contributed by atoms with van der Waals surface area (Å²) in [6.45, 7) is 7.95. The largest absolute Gasteiger partial charge is 0.479 e. The van der Waals surface area contributed by atoms with E-state index < -0.39 is 0 Å². The fourth-order valence-electron chi connectivity index (χ4n) is 5.00. The topological polar surface area (TPSA) is 27.7 Å². The zero-order chi connectivity index (χ0) is 16.9. The van der Waals surface area contributed by atoms with Crippen LogP contribution in [0.1, 0.15) is 39.2 Å². The summed E-state index contributed by atoms with van der Waals surface area (Å²) in [6, 6.07) is 10.1. The van der Waals surface area contributed by atoms with Gasteiger partial charge >= 0.3 is 7.12 Å². The zero-order valence-corrected chi connectivity index (χ0v) is 15.5. The molecule has 1 aromatic rings. The van der Waals surface area contributed by atoms with Gasteiger partial charge in [-0.1, -0.05) is 44.2 Å². The van der Waals surface area contributed by atoms with E-state index in [1.165, 1.54) is 6.42 Å². The SMILES string of the molecule is CC1(C)C2CC3OB([C@H](Cl)COCc4ccccc4)O[C@@]3(C)C1C2. The van der Waals surface area contributed by atoms with Gasteiger partial charge in [-0.15, -0.1) is 11.6 Å². The summed E-state index contributed by atoms with van der Waals surface area (Å²) in [5, 5.41) is -0.281. The number of hydrogen-bond acceptors (Lipinski definition) is 3. The highest BCUT2D eigenvalue weighted by atomic mass is 35.5. The van der Waals surface area contributed by atoms with E-state index in [4.69, 9.17) is 25.6 Å². The fourth-order valence-corrected chi connectivity index (χ4v) is 5.20. The molecule has 0 N–H and O–H groups in total. The maximum absolute atomic E-state index is 6.54. The molecule has 4 fully saturated rings. The van der Waals surface area contributed by atoms with Crippen molar-refractivity contribution in [3.8, 4) is 0 Å². The van der Waals surface area contributed by atoms with Crippen molar-refractivity contribution in [2.45, 2.75) is 57.2 Å². The van der Waals surface area contributed by atoms with Gasteiger partial charge in [-0.05, 0) is 42.6 Å². The Balaban J connectivity index is 1.33. The minimum atomic E-state index is -0.368. The molecule has 5 rings (SSSR count). The number of rotatable bonds is 5. The van der Waals surface area contributed by atoms with Gasteiger partial charge in [-0.25, -0.2) is 0 Å². The van der Waals surface area contributed by atoms with Crippen molar-refractivity contribution in [2.24, 2.45) is 17.3 Å². The standard InChI is InChI=1S/C19H26BClO3/c1-18(2)14-9-15(18)19(3)16(10-14)23-20(24-19)17(21)12-22-11-13-7-5-4-6-8-13/h4-8,14-17H,9-12H2,1-3H3/t14?,15?,16?,17-,19+/m1/s1. The third-order valence-corrected chi connectivity index (χ3v) is 6.98. The van der Waals surface area contributed by atoms with Gasteiger partial charge < -0.3 is 14.0 Å². The predicted molar refractivity (Wildman–Crippen MR) is 95.9 cm³/mol. The van der Waals surface area contributed by atoms with Crippen molar-refractivity contribution in [1.82, 2.24) is 0 Å². The lowest BCUT2D eigenvalue weighted by Crippen LogP contribution is -2.65. The second-order valence-corrected chi connectivity index (χ2v) is 8.91. The molecule has 1 saturated heterocycles. The van der Waals surface area contributed by atoms with Gasteiger partial charge in [0, 0.05) is 0 Å². The van der Waals surface area contributed by atoms with E-state index in [-0.39, 0.29) is 24.1 Å². The molecule has 1 aliphatic heterocycles. The van der Waals surface area contributed by atoms with Crippen LogP contribution in [0.2, 0.25) is 0 Å². The molecule has 0 aromatic heterocycles. The molecular weight excluding hydrogens is 322 g/mol. The van der Waals surface area contributed by atoms with Crippen molar-refractivity contribution in [2.75, 3.05) is 6.61 Å². The number of alkyl halides is 1. The predicted octanol–water partition coefficient (Wildman–Crippen LogP) is 4.08. The minimum absolute atomic E-state index is 0.176. The summed E-state index contributed by atoms with van der Waals surface area (Å²) < 4.78 is 18.3. The molecule has 4 aliphatic rings. The van der Waals surface area contributed by atoms with E-state index in [1.807, 2.05) is 18.2 Å². The molecule has 3 nitrogen and oxygen atoms in total. The summed E-state index contributed by atoms with van der Waals surface area (Å²) in [5.41, 5.74) is 1.31. The van der Waals surface area contributed by atoms with Gasteiger partial charge in [-0.2, -0.15) is 0 Å². The average molecular weight is 349 g/mol. The van der Waals surface area contributed by atoms with Crippen molar-refractivity contribution in [3.63, 3.8) is 0 Å². The Hall–Kier alpha value is -0.545. The second-order valence-electron chi connectivity index (χ2n) is 8.35. The van der Waals surface area contributed by atoms with Gasteiger partial charge in [0.2, 0.25) is 0 Å². The van der Waals surface area contributed by atoms with Crippen LogP contribution in [0, 0.1) is 17.3 Å². The van der Waals surface area contributed by atoms with Crippen molar-refractivity contribution >= 4 is 18.7 Å². The first-order valence-electron chi connectivity index (χ1n) is 9.00. The lowest BCUT2D eigenvalue weighted by Gasteiger charge is -2.64. The second kappa shape index (κ2) is 6.01. The molecule has 130 valence electrons. The normalized spacial score (nSPS) is 37.7. The molecule has 5 atom stereocenters. The Morgan fingerprint density at radius 3 is 2.71 bits per heavy atom. The van der Waals surface area contributed by atoms with Gasteiger partial charge in [0.15, 0.2) is 0 Å². The number of benzene rings is 1. The van der Waals surface area contributed by atoms with E-state index in [9.17, 15) is 0 Å². The van der Waals surface area contributed by atoms with Crippen LogP contribution in [0.25, 0.3) is 0 Å². The van der Waals surface area contributed by atoms with Gasteiger partial charge in [0.05, 0.1) is 30.2 Å². The zero-order valence-electron chi connectivity index (χ0n) is 14.7. The summed E-state index contributed by atoms with van der Waals surface area (Å²) >= 11 is 6.54. The van der Waals surface area contributed by atoms with E-state index in [0.717, 1.165) is 17.9 Å². The van der Waals surface area contributed by atoms with Crippen molar-refractivity contribution in [3.05, 3.63) is 35.9 Å². The van der Waals surface area contributed by atoms with E-state index in [1.54, 1.807) is 0 Å².